The molecule has 6 nitrogen and oxygen atoms in total. The largest absolute Gasteiger partial charge is 0.395 e. The van der Waals surface area contributed by atoms with Gasteiger partial charge in [-0.15, -0.1) is 4.91 Å². The quantitative estimate of drug-likeness (QED) is 0.336. The maximum atomic E-state index is 10.9. The molecule has 0 unspecified atom stereocenters. The predicted molar refractivity (Wildman–Crippen MR) is 110 cm³/mol. The number of nitroso groups, excluding NO2 is 1. The fourth-order valence-electron chi connectivity index (χ4n) is 3.09. The molecule has 0 radical (unpaired) electrons. The van der Waals surface area contributed by atoms with E-state index in [9.17, 15) is 4.91 Å². The molecule has 0 atom stereocenters. The molecule has 0 bridgehead atoms. The van der Waals surface area contributed by atoms with E-state index in [0.717, 1.165) is 38.9 Å². The number of pyridine rings is 1. The summed E-state index contributed by atoms with van der Waals surface area (Å²) in [7, 11) is 0. The van der Waals surface area contributed by atoms with Crippen LogP contribution < -0.4 is 10.6 Å². The minimum absolute atomic E-state index is 0.0899. The van der Waals surface area contributed by atoms with E-state index in [1.54, 1.807) is 12.1 Å². The summed E-state index contributed by atoms with van der Waals surface area (Å²) in [6.07, 6.45) is 0. The highest BCUT2D eigenvalue weighted by molar-refractivity contribution is 6.09. The first-order chi connectivity index (χ1) is 13.3. The highest BCUT2D eigenvalue weighted by Gasteiger charge is 2.10. The summed E-state index contributed by atoms with van der Waals surface area (Å²) in [4.78, 5) is 15.5. The second-order valence-corrected chi connectivity index (χ2v) is 6.15. The first kappa shape index (κ1) is 16.9. The van der Waals surface area contributed by atoms with Crippen molar-refractivity contribution in [2.45, 2.75) is 0 Å². The van der Waals surface area contributed by atoms with Crippen LogP contribution in [0, 0.1) is 4.91 Å². The number of para-hydroxylation sites is 1. The molecule has 1 aromatic heterocycles. The zero-order valence-electron chi connectivity index (χ0n) is 14.5. The Kier molecular flexibility index (Phi) is 4.63. The molecular formula is C21H18N4O2. The zero-order valence-corrected chi connectivity index (χ0v) is 14.5. The first-order valence-corrected chi connectivity index (χ1v) is 8.66. The van der Waals surface area contributed by atoms with Crippen LogP contribution in [0.4, 0.5) is 22.7 Å². The summed E-state index contributed by atoms with van der Waals surface area (Å²) < 4.78 is 0. The number of nitrogens with one attached hydrogen (secondary N) is 2. The van der Waals surface area contributed by atoms with Gasteiger partial charge in [-0.1, -0.05) is 18.2 Å². The van der Waals surface area contributed by atoms with Gasteiger partial charge in [-0.25, -0.2) is 4.98 Å². The number of aliphatic hydroxyl groups excluding tert-OH is 1. The zero-order chi connectivity index (χ0) is 18.6. The molecule has 0 aliphatic heterocycles. The van der Waals surface area contributed by atoms with E-state index in [1.165, 1.54) is 0 Å². The molecule has 0 amide bonds. The SMILES string of the molecule is O=Nc1ccc2c(Nc3ccc(NCCO)cc3)c3ccccc3nc2c1. The van der Waals surface area contributed by atoms with Gasteiger partial charge in [-0.2, -0.15) is 0 Å². The third kappa shape index (κ3) is 3.43. The molecule has 6 heteroatoms. The molecule has 0 fully saturated rings. The molecule has 3 N–H and O–H groups in total. The Morgan fingerprint density at radius 3 is 2.41 bits per heavy atom. The molecule has 0 aliphatic rings. The number of nitrogens with zero attached hydrogens (tertiary/aromatic N) is 2. The third-order valence-corrected chi connectivity index (χ3v) is 4.37. The summed E-state index contributed by atoms with van der Waals surface area (Å²) in [5.41, 5.74) is 4.73. The van der Waals surface area contributed by atoms with Crippen molar-refractivity contribution < 1.29 is 5.11 Å². The maximum Gasteiger partial charge on any atom is 0.110 e. The van der Waals surface area contributed by atoms with E-state index in [0.29, 0.717) is 12.2 Å². The third-order valence-electron chi connectivity index (χ3n) is 4.37. The van der Waals surface area contributed by atoms with E-state index in [4.69, 9.17) is 5.11 Å². The van der Waals surface area contributed by atoms with E-state index in [-0.39, 0.29) is 6.61 Å². The van der Waals surface area contributed by atoms with Gasteiger partial charge in [0.2, 0.25) is 0 Å². The Morgan fingerprint density at radius 1 is 0.889 bits per heavy atom. The Morgan fingerprint density at radius 2 is 1.63 bits per heavy atom. The normalized spacial score (nSPS) is 10.9. The van der Waals surface area contributed by atoms with Crippen molar-refractivity contribution in [3.05, 3.63) is 71.6 Å². The Balaban J connectivity index is 1.79. The lowest BCUT2D eigenvalue weighted by molar-refractivity contribution is 0.311. The fourth-order valence-corrected chi connectivity index (χ4v) is 3.09. The summed E-state index contributed by atoms with van der Waals surface area (Å²) in [6, 6.07) is 21.0. The van der Waals surface area contributed by atoms with Crippen molar-refractivity contribution in [1.29, 1.82) is 0 Å². The second-order valence-electron chi connectivity index (χ2n) is 6.15. The molecule has 4 rings (SSSR count). The summed E-state index contributed by atoms with van der Waals surface area (Å²) in [5.74, 6) is 0. The number of aromatic nitrogens is 1. The predicted octanol–water partition coefficient (Wildman–Crippen LogP) is 4.93. The van der Waals surface area contributed by atoms with Gasteiger partial charge in [0, 0.05) is 28.7 Å². The average Bonchev–Trinajstić information content (AvgIpc) is 2.72. The van der Waals surface area contributed by atoms with Crippen molar-refractivity contribution >= 4 is 44.6 Å². The fraction of sp³-hybridized carbons (Fsp3) is 0.0952. The minimum Gasteiger partial charge on any atom is -0.395 e. The van der Waals surface area contributed by atoms with E-state index in [1.807, 2.05) is 54.6 Å². The summed E-state index contributed by atoms with van der Waals surface area (Å²) in [6.45, 7) is 0.603. The van der Waals surface area contributed by atoms with Gasteiger partial charge in [0.05, 0.1) is 23.3 Å². The Bertz CT molecular complexity index is 1110. The van der Waals surface area contributed by atoms with Crippen molar-refractivity contribution in [1.82, 2.24) is 4.98 Å². The Hall–Kier alpha value is -3.51. The van der Waals surface area contributed by atoms with E-state index >= 15 is 0 Å². The molecule has 0 aliphatic carbocycles. The standard InChI is InChI=1S/C21H18N4O2/c26-12-11-22-14-5-7-15(8-6-14)23-21-17-3-1-2-4-19(17)24-20-13-16(25-27)9-10-18(20)21/h1-10,13,22,26H,11-12H2,(H,23,24). The van der Waals surface area contributed by atoms with Crippen molar-refractivity contribution in [3.8, 4) is 0 Å². The number of anilines is 3. The Labute approximate surface area is 155 Å². The lowest BCUT2D eigenvalue weighted by Crippen LogP contribution is -2.05. The molecule has 0 saturated heterocycles. The monoisotopic (exact) mass is 358 g/mol. The molecule has 0 spiro atoms. The lowest BCUT2D eigenvalue weighted by atomic mass is 10.1. The summed E-state index contributed by atoms with van der Waals surface area (Å²) >= 11 is 0. The minimum atomic E-state index is 0.0899. The smallest absolute Gasteiger partial charge is 0.110 e. The molecule has 27 heavy (non-hydrogen) atoms. The molecule has 0 saturated carbocycles. The number of aliphatic hydroxyl groups is 1. The molecule has 134 valence electrons. The molecule has 4 aromatic rings. The van der Waals surface area contributed by atoms with Gasteiger partial charge >= 0.3 is 0 Å². The van der Waals surface area contributed by atoms with Crippen LogP contribution in [0.5, 0.6) is 0 Å². The summed E-state index contributed by atoms with van der Waals surface area (Å²) in [5, 5.41) is 20.5. The van der Waals surface area contributed by atoms with E-state index in [2.05, 4.69) is 20.8 Å². The van der Waals surface area contributed by atoms with Gasteiger partial charge in [-0.3, -0.25) is 0 Å². The second kappa shape index (κ2) is 7.39. The van der Waals surface area contributed by atoms with Gasteiger partial charge < -0.3 is 15.7 Å². The van der Waals surface area contributed by atoms with Crippen LogP contribution in [0.2, 0.25) is 0 Å². The molecule has 1 heterocycles. The van der Waals surface area contributed by atoms with Crippen LogP contribution in [0.25, 0.3) is 21.8 Å². The number of fused-ring (bicyclic) bond motifs is 2. The van der Waals surface area contributed by atoms with Crippen LogP contribution in [-0.2, 0) is 0 Å². The highest BCUT2D eigenvalue weighted by atomic mass is 16.3. The van der Waals surface area contributed by atoms with Crippen molar-refractivity contribution in [2.75, 3.05) is 23.8 Å². The van der Waals surface area contributed by atoms with Crippen LogP contribution in [0.15, 0.2) is 71.9 Å². The first-order valence-electron chi connectivity index (χ1n) is 8.66. The maximum absolute atomic E-state index is 10.9. The van der Waals surface area contributed by atoms with Gasteiger partial charge in [-0.05, 0) is 53.7 Å². The van der Waals surface area contributed by atoms with E-state index < -0.39 is 0 Å². The van der Waals surface area contributed by atoms with Crippen LogP contribution in [0.3, 0.4) is 0 Å². The average molecular weight is 358 g/mol. The number of hydrogen-bond acceptors (Lipinski definition) is 6. The number of hydrogen-bond donors (Lipinski definition) is 3. The van der Waals surface area contributed by atoms with Crippen molar-refractivity contribution in [3.63, 3.8) is 0 Å². The topological polar surface area (TPSA) is 86.6 Å². The lowest BCUT2D eigenvalue weighted by Gasteiger charge is -2.14. The van der Waals surface area contributed by atoms with Crippen LogP contribution >= 0.6 is 0 Å². The van der Waals surface area contributed by atoms with Crippen LogP contribution in [-0.4, -0.2) is 23.2 Å². The van der Waals surface area contributed by atoms with Gasteiger partial charge in [0.15, 0.2) is 0 Å². The number of rotatable bonds is 6. The highest BCUT2D eigenvalue weighted by Crippen LogP contribution is 2.34. The van der Waals surface area contributed by atoms with Crippen molar-refractivity contribution in [2.24, 2.45) is 5.18 Å². The van der Waals surface area contributed by atoms with Gasteiger partial charge in [0.1, 0.15) is 5.69 Å². The number of benzene rings is 3. The van der Waals surface area contributed by atoms with Gasteiger partial charge in [0.25, 0.3) is 0 Å². The molecule has 3 aromatic carbocycles. The molecular weight excluding hydrogens is 340 g/mol. The van der Waals surface area contributed by atoms with Crippen LogP contribution in [0.1, 0.15) is 0 Å².